The molecule has 1 aromatic carbocycles. The molecule has 0 saturated heterocycles. The SMILES string of the molecule is COc1ccccc1C=C/C=C(\CC(N)C(=O)O)C(=O)O. The van der Waals surface area contributed by atoms with E-state index in [2.05, 4.69) is 0 Å². The minimum absolute atomic E-state index is 0.0731. The molecular formula is C15H17NO5. The molecule has 0 aliphatic carbocycles. The summed E-state index contributed by atoms with van der Waals surface area (Å²) < 4.78 is 5.16. The summed E-state index contributed by atoms with van der Waals surface area (Å²) in [6.07, 6.45) is 4.28. The number of carbonyl (C=O) groups is 2. The molecule has 0 radical (unpaired) electrons. The van der Waals surface area contributed by atoms with Crippen LogP contribution in [0.25, 0.3) is 6.08 Å². The Bertz CT molecular complexity index is 577. The minimum atomic E-state index is -1.24. The number of para-hydroxylation sites is 1. The van der Waals surface area contributed by atoms with Gasteiger partial charge in [-0.25, -0.2) is 4.79 Å². The largest absolute Gasteiger partial charge is 0.496 e. The first-order valence-corrected chi connectivity index (χ1v) is 6.17. The number of benzene rings is 1. The highest BCUT2D eigenvalue weighted by molar-refractivity contribution is 5.88. The second-order valence-electron chi connectivity index (χ2n) is 4.25. The Hall–Kier alpha value is -2.60. The second-order valence-corrected chi connectivity index (χ2v) is 4.25. The second kappa shape index (κ2) is 7.86. The van der Waals surface area contributed by atoms with Crippen LogP contribution in [0.5, 0.6) is 5.75 Å². The van der Waals surface area contributed by atoms with Crippen molar-refractivity contribution in [3.05, 3.63) is 47.6 Å². The molecule has 0 spiro atoms. The average Bonchev–Trinajstić information content (AvgIpc) is 2.46. The van der Waals surface area contributed by atoms with Crippen molar-refractivity contribution in [1.82, 2.24) is 0 Å². The molecule has 0 amide bonds. The van der Waals surface area contributed by atoms with Crippen molar-refractivity contribution in [2.75, 3.05) is 7.11 Å². The van der Waals surface area contributed by atoms with E-state index >= 15 is 0 Å². The van der Waals surface area contributed by atoms with Gasteiger partial charge in [0, 0.05) is 17.6 Å². The van der Waals surface area contributed by atoms with Crippen molar-refractivity contribution in [2.45, 2.75) is 12.5 Å². The van der Waals surface area contributed by atoms with Gasteiger partial charge in [0.05, 0.1) is 7.11 Å². The fourth-order valence-electron chi connectivity index (χ4n) is 1.62. The minimum Gasteiger partial charge on any atom is -0.496 e. The zero-order valence-corrected chi connectivity index (χ0v) is 11.5. The van der Waals surface area contributed by atoms with E-state index in [1.807, 2.05) is 18.2 Å². The van der Waals surface area contributed by atoms with Crippen LogP contribution in [0, 0.1) is 0 Å². The summed E-state index contributed by atoms with van der Waals surface area (Å²) in [6.45, 7) is 0. The van der Waals surface area contributed by atoms with E-state index in [1.165, 1.54) is 19.3 Å². The van der Waals surface area contributed by atoms with Crippen molar-refractivity contribution in [3.8, 4) is 5.75 Å². The van der Waals surface area contributed by atoms with E-state index in [0.29, 0.717) is 5.75 Å². The number of rotatable bonds is 7. The summed E-state index contributed by atoms with van der Waals surface area (Å²) in [7, 11) is 1.54. The molecule has 0 aliphatic heterocycles. The maximum absolute atomic E-state index is 11.0. The summed E-state index contributed by atoms with van der Waals surface area (Å²) in [5.74, 6) is -1.78. The van der Waals surface area contributed by atoms with Gasteiger partial charge in [0.25, 0.3) is 0 Å². The summed E-state index contributed by atoms with van der Waals surface area (Å²) in [5.41, 5.74) is 6.04. The predicted octanol–water partition coefficient (Wildman–Crippen LogP) is 1.52. The van der Waals surface area contributed by atoms with Gasteiger partial charge in [-0.3, -0.25) is 4.79 Å². The summed E-state index contributed by atoms with van der Waals surface area (Å²) in [6, 6.07) is 5.99. The third-order valence-electron chi connectivity index (χ3n) is 2.74. The fraction of sp³-hybridized carbons (Fsp3) is 0.200. The first kappa shape index (κ1) is 16.5. The molecule has 0 heterocycles. The normalized spacial score (nSPS) is 13.1. The first-order valence-electron chi connectivity index (χ1n) is 6.17. The number of carboxylic acid groups (broad SMARTS) is 2. The Morgan fingerprint density at radius 1 is 1.33 bits per heavy atom. The molecule has 21 heavy (non-hydrogen) atoms. The molecule has 6 heteroatoms. The van der Waals surface area contributed by atoms with Crippen molar-refractivity contribution in [1.29, 1.82) is 0 Å². The first-order chi connectivity index (χ1) is 9.95. The number of aliphatic carboxylic acids is 2. The van der Waals surface area contributed by atoms with Crippen molar-refractivity contribution in [3.63, 3.8) is 0 Å². The van der Waals surface area contributed by atoms with E-state index in [-0.39, 0.29) is 12.0 Å². The van der Waals surface area contributed by atoms with Crippen LogP contribution in [0.2, 0.25) is 0 Å². The number of methoxy groups -OCH3 is 1. The smallest absolute Gasteiger partial charge is 0.331 e. The quantitative estimate of drug-likeness (QED) is 0.519. The van der Waals surface area contributed by atoms with Crippen LogP contribution in [0.3, 0.4) is 0 Å². The highest BCUT2D eigenvalue weighted by Crippen LogP contribution is 2.19. The van der Waals surface area contributed by atoms with E-state index < -0.39 is 18.0 Å². The molecule has 4 N–H and O–H groups in total. The maximum atomic E-state index is 11.0. The topological polar surface area (TPSA) is 110 Å². The van der Waals surface area contributed by atoms with Gasteiger partial charge < -0.3 is 20.7 Å². The number of carboxylic acids is 2. The highest BCUT2D eigenvalue weighted by atomic mass is 16.5. The molecular weight excluding hydrogens is 274 g/mol. The molecule has 1 unspecified atom stereocenters. The Morgan fingerprint density at radius 3 is 2.57 bits per heavy atom. The van der Waals surface area contributed by atoms with E-state index in [4.69, 9.17) is 20.7 Å². The van der Waals surface area contributed by atoms with Gasteiger partial charge in [-0.1, -0.05) is 36.4 Å². The molecule has 0 fully saturated rings. The van der Waals surface area contributed by atoms with Gasteiger partial charge in [0.2, 0.25) is 0 Å². The molecule has 0 saturated carbocycles. The summed E-state index contributed by atoms with van der Waals surface area (Å²) in [5, 5.41) is 17.7. The van der Waals surface area contributed by atoms with Gasteiger partial charge in [-0.05, 0) is 6.07 Å². The van der Waals surface area contributed by atoms with E-state index in [1.54, 1.807) is 12.1 Å². The highest BCUT2D eigenvalue weighted by Gasteiger charge is 2.17. The lowest BCUT2D eigenvalue weighted by molar-refractivity contribution is -0.138. The van der Waals surface area contributed by atoms with Crippen LogP contribution >= 0.6 is 0 Å². The molecule has 6 nitrogen and oxygen atoms in total. The predicted molar refractivity (Wildman–Crippen MR) is 78.0 cm³/mol. The van der Waals surface area contributed by atoms with E-state index in [0.717, 1.165) is 5.56 Å². The average molecular weight is 291 g/mol. The lowest BCUT2D eigenvalue weighted by Gasteiger charge is -2.06. The van der Waals surface area contributed by atoms with Crippen LogP contribution in [0.4, 0.5) is 0 Å². The van der Waals surface area contributed by atoms with Gasteiger partial charge in [-0.2, -0.15) is 0 Å². The van der Waals surface area contributed by atoms with Crippen molar-refractivity contribution < 1.29 is 24.5 Å². The third-order valence-corrected chi connectivity index (χ3v) is 2.74. The zero-order valence-electron chi connectivity index (χ0n) is 11.5. The van der Waals surface area contributed by atoms with Gasteiger partial charge in [-0.15, -0.1) is 0 Å². The monoisotopic (exact) mass is 291 g/mol. The zero-order chi connectivity index (χ0) is 15.8. The van der Waals surface area contributed by atoms with Crippen LogP contribution in [-0.4, -0.2) is 35.3 Å². The Labute approximate surface area is 122 Å². The van der Waals surface area contributed by atoms with Gasteiger partial charge >= 0.3 is 11.9 Å². The number of ether oxygens (including phenoxy) is 1. The fourth-order valence-corrected chi connectivity index (χ4v) is 1.62. The number of hydrogen-bond acceptors (Lipinski definition) is 4. The van der Waals surface area contributed by atoms with Crippen LogP contribution in [0.15, 0.2) is 42.0 Å². The van der Waals surface area contributed by atoms with Crippen molar-refractivity contribution in [2.24, 2.45) is 5.73 Å². The Balaban J connectivity index is 2.90. The van der Waals surface area contributed by atoms with Crippen molar-refractivity contribution >= 4 is 18.0 Å². The van der Waals surface area contributed by atoms with Crippen LogP contribution in [-0.2, 0) is 9.59 Å². The summed E-state index contributed by atoms with van der Waals surface area (Å²) in [4.78, 5) is 21.7. The standard InChI is InChI=1S/C15H17NO5/c1-21-13-8-3-2-5-10(13)6-4-7-11(14(17)18)9-12(16)15(19)20/h2-8,12H,9,16H2,1H3,(H,17,18)(H,19,20)/b6-4?,11-7+. The lowest BCUT2D eigenvalue weighted by Crippen LogP contribution is -2.31. The van der Waals surface area contributed by atoms with Crippen LogP contribution in [0.1, 0.15) is 12.0 Å². The maximum Gasteiger partial charge on any atom is 0.331 e. The molecule has 112 valence electrons. The number of nitrogens with two attached hydrogens (primary N) is 1. The van der Waals surface area contributed by atoms with Gasteiger partial charge in [0.1, 0.15) is 11.8 Å². The Morgan fingerprint density at radius 2 is 2.00 bits per heavy atom. The molecule has 1 rings (SSSR count). The number of allylic oxidation sites excluding steroid dienone is 2. The molecule has 1 aromatic rings. The summed E-state index contributed by atoms with van der Waals surface area (Å²) >= 11 is 0. The Kier molecular flexibility index (Phi) is 6.16. The van der Waals surface area contributed by atoms with Crippen LogP contribution < -0.4 is 10.5 Å². The number of hydrogen-bond donors (Lipinski definition) is 3. The lowest BCUT2D eigenvalue weighted by atomic mass is 10.1. The van der Waals surface area contributed by atoms with Gasteiger partial charge in [0.15, 0.2) is 0 Å². The molecule has 0 aromatic heterocycles. The van der Waals surface area contributed by atoms with E-state index in [9.17, 15) is 9.59 Å². The third kappa shape index (κ3) is 5.12. The molecule has 0 aliphatic rings. The molecule has 1 atom stereocenters. The molecule has 0 bridgehead atoms.